The van der Waals surface area contributed by atoms with Gasteiger partial charge in [0.05, 0.1) is 31.7 Å². The highest BCUT2D eigenvalue weighted by atomic mass is 16.6. The molecule has 1 aliphatic heterocycles. The van der Waals surface area contributed by atoms with Gasteiger partial charge in [-0.3, -0.25) is 9.36 Å². The summed E-state index contributed by atoms with van der Waals surface area (Å²) in [4.78, 5) is 24.4. The molecule has 1 aliphatic rings. The lowest BCUT2D eigenvalue weighted by Crippen LogP contribution is -2.20. The predicted molar refractivity (Wildman–Crippen MR) is 95.8 cm³/mol. The minimum Gasteiger partial charge on any atom is -0.391 e. The Balaban J connectivity index is 1.81. The summed E-state index contributed by atoms with van der Waals surface area (Å²) in [6.45, 7) is 7.26. The van der Waals surface area contributed by atoms with Crippen molar-refractivity contribution < 1.29 is 24.5 Å². The standard InChI is InChI=1S/C17H23N5O5/c1-9(2)26-6-11-4-12(24)17(27-11)22-8-20-13-14(18-7-19-15(13)22)21-16(25)10(3)5-23/h7-9,11-12,17,23-24H,3-6H2,1-2H3,(H,18,19,21,25)/t11-,12-,17-/m1/s1. The Hall–Kier alpha value is -2.40. The molecule has 3 atom stereocenters. The molecular weight excluding hydrogens is 354 g/mol. The average molecular weight is 377 g/mol. The number of rotatable bonds is 7. The van der Waals surface area contributed by atoms with E-state index in [0.29, 0.717) is 24.2 Å². The quantitative estimate of drug-likeness (QED) is 0.590. The average Bonchev–Trinajstić information content (AvgIpc) is 3.22. The van der Waals surface area contributed by atoms with Crippen LogP contribution in [-0.4, -0.2) is 67.2 Å². The second-order valence-electron chi connectivity index (χ2n) is 6.60. The van der Waals surface area contributed by atoms with Gasteiger partial charge in [0.2, 0.25) is 0 Å². The molecule has 0 aliphatic carbocycles. The Labute approximate surface area is 155 Å². The first-order chi connectivity index (χ1) is 12.9. The number of hydrogen-bond acceptors (Lipinski definition) is 8. The van der Waals surface area contributed by atoms with Crippen LogP contribution in [0.3, 0.4) is 0 Å². The SMILES string of the molecule is C=C(CO)C(=O)Nc1ncnc2c1ncn2[C@@H]1O[C@@H](COC(C)C)C[C@H]1O. The lowest BCUT2D eigenvalue weighted by Gasteiger charge is -2.17. The minimum atomic E-state index is -0.745. The number of hydrogen-bond donors (Lipinski definition) is 3. The number of ether oxygens (including phenoxy) is 2. The smallest absolute Gasteiger partial charge is 0.254 e. The van der Waals surface area contributed by atoms with Crippen molar-refractivity contribution >= 4 is 22.9 Å². The van der Waals surface area contributed by atoms with Crippen molar-refractivity contribution in [2.75, 3.05) is 18.5 Å². The first kappa shape index (κ1) is 19.4. The molecule has 1 amide bonds. The van der Waals surface area contributed by atoms with E-state index in [1.54, 1.807) is 4.57 Å². The summed E-state index contributed by atoms with van der Waals surface area (Å²) in [5.41, 5.74) is 0.752. The molecule has 2 aromatic rings. The van der Waals surface area contributed by atoms with E-state index in [9.17, 15) is 9.90 Å². The topological polar surface area (TPSA) is 132 Å². The van der Waals surface area contributed by atoms with Crippen molar-refractivity contribution in [3.8, 4) is 0 Å². The Morgan fingerprint density at radius 1 is 1.48 bits per heavy atom. The molecule has 27 heavy (non-hydrogen) atoms. The second kappa shape index (κ2) is 8.09. The van der Waals surface area contributed by atoms with Crippen LogP contribution in [0.4, 0.5) is 5.82 Å². The first-order valence-electron chi connectivity index (χ1n) is 8.63. The molecule has 146 valence electrons. The van der Waals surface area contributed by atoms with Gasteiger partial charge in [-0.25, -0.2) is 15.0 Å². The fourth-order valence-electron chi connectivity index (χ4n) is 2.78. The lowest BCUT2D eigenvalue weighted by atomic mass is 10.2. The van der Waals surface area contributed by atoms with E-state index in [-0.39, 0.29) is 23.6 Å². The van der Waals surface area contributed by atoms with Gasteiger partial charge in [0, 0.05) is 12.0 Å². The molecule has 3 rings (SSSR count). The number of anilines is 1. The van der Waals surface area contributed by atoms with Crippen LogP contribution in [0.15, 0.2) is 24.8 Å². The van der Waals surface area contributed by atoms with Gasteiger partial charge in [-0.1, -0.05) is 6.58 Å². The maximum atomic E-state index is 11.9. The monoisotopic (exact) mass is 377 g/mol. The number of nitrogens with zero attached hydrogens (tertiary/aromatic N) is 4. The maximum absolute atomic E-state index is 11.9. The van der Waals surface area contributed by atoms with E-state index < -0.39 is 24.8 Å². The van der Waals surface area contributed by atoms with Crippen LogP contribution in [0.5, 0.6) is 0 Å². The Bertz CT molecular complexity index is 836. The zero-order valence-corrected chi connectivity index (χ0v) is 15.2. The number of imidazole rings is 1. The van der Waals surface area contributed by atoms with Crippen molar-refractivity contribution in [1.29, 1.82) is 0 Å². The third kappa shape index (κ3) is 4.14. The van der Waals surface area contributed by atoms with Crippen molar-refractivity contribution in [3.63, 3.8) is 0 Å². The molecule has 3 N–H and O–H groups in total. The summed E-state index contributed by atoms with van der Waals surface area (Å²) < 4.78 is 13.1. The molecule has 2 aromatic heterocycles. The summed E-state index contributed by atoms with van der Waals surface area (Å²) in [5, 5.41) is 21.9. The molecule has 0 spiro atoms. The first-order valence-corrected chi connectivity index (χ1v) is 8.63. The number of carbonyl (C=O) groups is 1. The summed E-state index contributed by atoms with van der Waals surface area (Å²) >= 11 is 0. The molecule has 0 saturated carbocycles. The molecular formula is C17H23N5O5. The molecule has 0 radical (unpaired) electrons. The number of aromatic nitrogens is 4. The number of aliphatic hydroxyl groups is 2. The van der Waals surface area contributed by atoms with Crippen LogP contribution < -0.4 is 5.32 Å². The van der Waals surface area contributed by atoms with E-state index in [1.807, 2.05) is 13.8 Å². The van der Waals surface area contributed by atoms with Crippen LogP contribution in [-0.2, 0) is 14.3 Å². The van der Waals surface area contributed by atoms with Gasteiger partial charge in [0.25, 0.3) is 5.91 Å². The molecule has 10 heteroatoms. The van der Waals surface area contributed by atoms with Crippen LogP contribution >= 0.6 is 0 Å². The molecule has 3 heterocycles. The molecule has 1 saturated heterocycles. The van der Waals surface area contributed by atoms with Gasteiger partial charge in [-0.15, -0.1) is 0 Å². The van der Waals surface area contributed by atoms with Crippen molar-refractivity contribution in [2.24, 2.45) is 0 Å². The third-order valence-corrected chi connectivity index (χ3v) is 4.16. The van der Waals surface area contributed by atoms with Crippen molar-refractivity contribution in [3.05, 3.63) is 24.8 Å². The van der Waals surface area contributed by atoms with Crippen LogP contribution in [0.2, 0.25) is 0 Å². The Kier molecular flexibility index (Phi) is 5.80. The molecule has 1 fully saturated rings. The highest BCUT2D eigenvalue weighted by Crippen LogP contribution is 2.32. The van der Waals surface area contributed by atoms with E-state index in [4.69, 9.17) is 14.6 Å². The minimum absolute atomic E-state index is 0.00346. The fourth-order valence-corrected chi connectivity index (χ4v) is 2.78. The number of amides is 1. The van der Waals surface area contributed by atoms with E-state index >= 15 is 0 Å². The van der Waals surface area contributed by atoms with Crippen LogP contribution in [0, 0.1) is 0 Å². The van der Waals surface area contributed by atoms with Crippen molar-refractivity contribution in [1.82, 2.24) is 19.5 Å². The van der Waals surface area contributed by atoms with Gasteiger partial charge in [-0.2, -0.15) is 0 Å². The Morgan fingerprint density at radius 2 is 2.26 bits per heavy atom. The van der Waals surface area contributed by atoms with Crippen LogP contribution in [0.25, 0.3) is 11.2 Å². The van der Waals surface area contributed by atoms with E-state index in [1.165, 1.54) is 12.7 Å². The van der Waals surface area contributed by atoms with Gasteiger partial charge in [-0.05, 0) is 13.8 Å². The van der Waals surface area contributed by atoms with Crippen molar-refractivity contribution in [2.45, 2.75) is 44.8 Å². The molecule has 10 nitrogen and oxygen atoms in total. The number of carbonyl (C=O) groups excluding carboxylic acids is 1. The highest BCUT2D eigenvalue weighted by molar-refractivity contribution is 6.06. The van der Waals surface area contributed by atoms with Crippen LogP contribution in [0.1, 0.15) is 26.5 Å². The molecule has 0 aromatic carbocycles. The number of nitrogens with one attached hydrogen (secondary N) is 1. The third-order valence-electron chi connectivity index (χ3n) is 4.16. The van der Waals surface area contributed by atoms with E-state index in [2.05, 4.69) is 26.8 Å². The van der Waals surface area contributed by atoms with E-state index in [0.717, 1.165) is 0 Å². The molecule has 0 bridgehead atoms. The molecule has 0 unspecified atom stereocenters. The number of aliphatic hydroxyl groups excluding tert-OH is 2. The summed E-state index contributed by atoms with van der Waals surface area (Å²) in [6, 6.07) is 0. The van der Waals surface area contributed by atoms with Gasteiger partial charge < -0.3 is 25.0 Å². The summed E-state index contributed by atoms with van der Waals surface area (Å²) in [7, 11) is 0. The zero-order valence-electron chi connectivity index (χ0n) is 15.2. The summed E-state index contributed by atoms with van der Waals surface area (Å²) in [6.07, 6.45) is 1.62. The second-order valence-corrected chi connectivity index (χ2v) is 6.60. The largest absolute Gasteiger partial charge is 0.391 e. The highest BCUT2D eigenvalue weighted by Gasteiger charge is 2.36. The number of fused-ring (bicyclic) bond motifs is 1. The Morgan fingerprint density at radius 3 is 2.96 bits per heavy atom. The summed E-state index contributed by atoms with van der Waals surface area (Å²) in [5.74, 6) is -0.374. The normalized spacial score (nSPS) is 22.5. The zero-order chi connectivity index (χ0) is 19.6. The van der Waals surface area contributed by atoms with Gasteiger partial charge in [0.15, 0.2) is 23.2 Å². The lowest BCUT2D eigenvalue weighted by molar-refractivity contribution is -0.113. The predicted octanol–water partition coefficient (Wildman–Crippen LogP) is 0.387. The maximum Gasteiger partial charge on any atom is 0.254 e. The fraction of sp³-hybridized carbons (Fsp3) is 0.529. The van der Waals surface area contributed by atoms with Gasteiger partial charge in [0.1, 0.15) is 12.4 Å². The van der Waals surface area contributed by atoms with Gasteiger partial charge >= 0.3 is 0 Å².